The van der Waals surface area contributed by atoms with Gasteiger partial charge in [0.25, 0.3) is 0 Å². The molecule has 2 atom stereocenters. The molecule has 0 aromatic heterocycles. The average Bonchev–Trinajstić information content (AvgIpc) is 2.85. The Morgan fingerprint density at radius 1 is 0.952 bits per heavy atom. The lowest BCUT2D eigenvalue weighted by Crippen LogP contribution is -2.52. The van der Waals surface area contributed by atoms with E-state index in [1.807, 2.05) is 41.5 Å². The Balaban J connectivity index is 3.00. The van der Waals surface area contributed by atoms with Gasteiger partial charge in [-0.1, -0.05) is 62.3 Å². The summed E-state index contributed by atoms with van der Waals surface area (Å²) in [5.41, 5.74) is -1.38. The highest BCUT2D eigenvalue weighted by molar-refractivity contribution is 6.00. The molecule has 1 aliphatic rings. The van der Waals surface area contributed by atoms with Crippen LogP contribution in [0.1, 0.15) is 75.2 Å². The molecular formula is C18H33NO2. The summed E-state index contributed by atoms with van der Waals surface area (Å²) >= 11 is 0. The van der Waals surface area contributed by atoms with Gasteiger partial charge in [0.15, 0.2) is 5.78 Å². The summed E-state index contributed by atoms with van der Waals surface area (Å²) in [6.07, 6.45) is 1.74. The molecule has 0 aromatic carbocycles. The Kier molecular flexibility index (Phi) is 4.42. The molecule has 0 radical (unpaired) electrons. The van der Waals surface area contributed by atoms with Gasteiger partial charge >= 0.3 is 0 Å². The predicted molar refractivity (Wildman–Crippen MR) is 87.0 cm³/mol. The molecule has 3 nitrogen and oxygen atoms in total. The number of carbonyl (C=O) groups excluding carboxylic acids is 2. The number of amides is 1. The van der Waals surface area contributed by atoms with Gasteiger partial charge in [-0.25, -0.2) is 0 Å². The van der Waals surface area contributed by atoms with E-state index in [-0.39, 0.29) is 23.0 Å². The van der Waals surface area contributed by atoms with Crippen LogP contribution in [0.15, 0.2) is 0 Å². The Bertz CT molecular complexity index is 432. The van der Waals surface area contributed by atoms with Crippen LogP contribution >= 0.6 is 0 Å². The van der Waals surface area contributed by atoms with Crippen LogP contribution in [0.25, 0.3) is 0 Å². The standard InChI is InChI=1S/C18H33NO2/c1-15(2,3)10-12-11-18(12,13(20)16(4,5)6)19-14(21)17(7,8)9/h12H,10-11H2,1-9H3,(H,19,21). The molecule has 0 spiro atoms. The maximum absolute atomic E-state index is 12.9. The number of carbonyl (C=O) groups is 2. The molecular weight excluding hydrogens is 262 g/mol. The van der Waals surface area contributed by atoms with Crippen molar-refractivity contribution in [3.63, 3.8) is 0 Å². The Morgan fingerprint density at radius 2 is 1.43 bits per heavy atom. The van der Waals surface area contributed by atoms with Crippen LogP contribution < -0.4 is 5.32 Å². The second-order valence-corrected chi connectivity index (χ2v) is 9.92. The van der Waals surface area contributed by atoms with Gasteiger partial charge in [0.2, 0.25) is 5.91 Å². The Morgan fingerprint density at radius 3 is 1.76 bits per heavy atom. The molecule has 1 amide bonds. The molecule has 1 N–H and O–H groups in total. The molecule has 1 saturated carbocycles. The molecule has 0 aliphatic heterocycles. The van der Waals surface area contributed by atoms with E-state index < -0.39 is 16.4 Å². The Hall–Kier alpha value is -0.860. The van der Waals surface area contributed by atoms with Crippen molar-refractivity contribution in [1.82, 2.24) is 5.32 Å². The van der Waals surface area contributed by atoms with Crippen molar-refractivity contribution < 1.29 is 9.59 Å². The Labute approximate surface area is 130 Å². The molecule has 0 aromatic rings. The van der Waals surface area contributed by atoms with Crippen LogP contribution in [-0.4, -0.2) is 17.2 Å². The molecule has 3 heteroatoms. The first-order valence-corrected chi connectivity index (χ1v) is 7.97. The number of Topliss-reactive ketones (excluding diaryl/α,β-unsaturated/α-hetero) is 1. The first kappa shape index (κ1) is 18.2. The maximum atomic E-state index is 12.9. The van der Waals surface area contributed by atoms with Gasteiger partial charge in [0.05, 0.1) is 0 Å². The summed E-state index contributed by atoms with van der Waals surface area (Å²) in [7, 11) is 0. The van der Waals surface area contributed by atoms with Crippen molar-refractivity contribution in [2.24, 2.45) is 22.2 Å². The largest absolute Gasteiger partial charge is 0.343 e. The zero-order chi connectivity index (χ0) is 16.9. The van der Waals surface area contributed by atoms with Gasteiger partial charge in [0, 0.05) is 10.8 Å². The topological polar surface area (TPSA) is 46.2 Å². The van der Waals surface area contributed by atoms with Crippen LogP contribution in [-0.2, 0) is 9.59 Å². The van der Waals surface area contributed by atoms with E-state index in [1.54, 1.807) is 0 Å². The highest BCUT2D eigenvalue weighted by Gasteiger charge is 2.63. The fraction of sp³-hybridized carbons (Fsp3) is 0.889. The van der Waals surface area contributed by atoms with Gasteiger partial charge in [-0.05, 0) is 24.2 Å². The van der Waals surface area contributed by atoms with Crippen LogP contribution in [0.3, 0.4) is 0 Å². The van der Waals surface area contributed by atoms with Crippen LogP contribution in [0.5, 0.6) is 0 Å². The van der Waals surface area contributed by atoms with Gasteiger partial charge in [-0.2, -0.15) is 0 Å². The quantitative estimate of drug-likeness (QED) is 0.856. The van der Waals surface area contributed by atoms with E-state index in [1.165, 1.54) is 0 Å². The smallest absolute Gasteiger partial charge is 0.226 e. The van der Waals surface area contributed by atoms with Crippen molar-refractivity contribution in [3.8, 4) is 0 Å². The lowest BCUT2D eigenvalue weighted by Gasteiger charge is -2.30. The summed E-state index contributed by atoms with van der Waals surface area (Å²) in [6, 6.07) is 0. The molecule has 1 aliphatic carbocycles. The lowest BCUT2D eigenvalue weighted by atomic mass is 9.80. The second kappa shape index (κ2) is 5.10. The van der Waals surface area contributed by atoms with E-state index in [4.69, 9.17) is 0 Å². The molecule has 2 unspecified atom stereocenters. The first-order valence-electron chi connectivity index (χ1n) is 7.97. The van der Waals surface area contributed by atoms with Crippen LogP contribution in [0.2, 0.25) is 0 Å². The van der Waals surface area contributed by atoms with E-state index >= 15 is 0 Å². The minimum absolute atomic E-state index is 0.0310. The molecule has 122 valence electrons. The number of hydrogen-bond donors (Lipinski definition) is 1. The monoisotopic (exact) mass is 295 g/mol. The maximum Gasteiger partial charge on any atom is 0.226 e. The SMILES string of the molecule is CC(C)(C)CC1CC1(NC(=O)C(C)(C)C)C(=O)C(C)(C)C. The zero-order valence-electron chi connectivity index (χ0n) is 15.3. The fourth-order valence-corrected chi connectivity index (χ4v) is 2.86. The molecule has 0 bridgehead atoms. The van der Waals surface area contributed by atoms with Crippen molar-refractivity contribution in [3.05, 3.63) is 0 Å². The number of nitrogens with one attached hydrogen (secondary N) is 1. The molecule has 1 rings (SSSR count). The van der Waals surface area contributed by atoms with Crippen molar-refractivity contribution >= 4 is 11.7 Å². The number of rotatable bonds is 3. The highest BCUT2D eigenvalue weighted by atomic mass is 16.2. The second-order valence-electron chi connectivity index (χ2n) is 9.92. The molecule has 0 saturated heterocycles. The van der Waals surface area contributed by atoms with E-state index in [0.717, 1.165) is 12.8 Å². The third-order valence-corrected chi connectivity index (χ3v) is 4.07. The minimum atomic E-state index is -0.643. The summed E-state index contributed by atoms with van der Waals surface area (Å²) in [5.74, 6) is 0.397. The van der Waals surface area contributed by atoms with Gasteiger partial charge in [-0.15, -0.1) is 0 Å². The highest BCUT2D eigenvalue weighted by Crippen LogP contribution is 2.53. The van der Waals surface area contributed by atoms with Gasteiger partial charge in [0.1, 0.15) is 5.54 Å². The number of hydrogen-bond acceptors (Lipinski definition) is 2. The molecule has 21 heavy (non-hydrogen) atoms. The summed E-state index contributed by atoms with van der Waals surface area (Å²) in [6.45, 7) is 18.0. The minimum Gasteiger partial charge on any atom is -0.343 e. The van der Waals surface area contributed by atoms with Gasteiger partial charge in [-0.3, -0.25) is 9.59 Å². The normalized spacial score (nSPS) is 26.4. The van der Waals surface area contributed by atoms with Crippen molar-refractivity contribution in [2.75, 3.05) is 0 Å². The van der Waals surface area contributed by atoms with Crippen LogP contribution in [0, 0.1) is 22.2 Å². The molecule has 1 fully saturated rings. The first-order chi connectivity index (χ1) is 9.09. The van der Waals surface area contributed by atoms with Crippen molar-refractivity contribution in [2.45, 2.75) is 80.7 Å². The fourth-order valence-electron chi connectivity index (χ4n) is 2.86. The third kappa shape index (κ3) is 4.31. The summed E-state index contributed by atoms with van der Waals surface area (Å²) < 4.78 is 0. The third-order valence-electron chi connectivity index (χ3n) is 4.07. The van der Waals surface area contributed by atoms with E-state index in [9.17, 15) is 9.59 Å². The lowest BCUT2D eigenvalue weighted by molar-refractivity contribution is -0.137. The summed E-state index contributed by atoms with van der Waals surface area (Å²) in [4.78, 5) is 25.3. The predicted octanol–water partition coefficient (Wildman–Crippen LogP) is 3.96. The van der Waals surface area contributed by atoms with Crippen LogP contribution in [0.4, 0.5) is 0 Å². The molecule has 0 heterocycles. The summed E-state index contributed by atoms with van der Waals surface area (Å²) in [5, 5.41) is 3.10. The number of ketones is 1. The van der Waals surface area contributed by atoms with E-state index in [2.05, 4.69) is 26.1 Å². The van der Waals surface area contributed by atoms with Crippen molar-refractivity contribution in [1.29, 1.82) is 0 Å². The zero-order valence-corrected chi connectivity index (χ0v) is 15.3. The van der Waals surface area contributed by atoms with E-state index in [0.29, 0.717) is 0 Å². The van der Waals surface area contributed by atoms with Gasteiger partial charge < -0.3 is 5.32 Å². The average molecular weight is 295 g/mol.